The first-order valence-electron chi connectivity index (χ1n) is 8.83. The standard InChI is InChI=1S/C19H26F2O2/c1-17-7-8-19(21)13(14(17)10-15(20)16(17)23)4-3-11-9-12(22)5-6-18(11,19)2/h5-6,9,11,13-16,22-23H,3-4,7-8,10H2,1-2H3/t11?,13-,14-,15+,16-,17-,18-,19+/m0/s1. The minimum absolute atomic E-state index is 0.00870. The quantitative estimate of drug-likeness (QED) is 0.699. The van der Waals surface area contributed by atoms with Crippen LogP contribution in [0.1, 0.15) is 46.0 Å². The van der Waals surface area contributed by atoms with Gasteiger partial charge >= 0.3 is 0 Å². The van der Waals surface area contributed by atoms with Crippen LogP contribution in [0.25, 0.3) is 0 Å². The molecule has 1 unspecified atom stereocenters. The second kappa shape index (κ2) is 4.59. The Morgan fingerprint density at radius 3 is 2.65 bits per heavy atom. The van der Waals surface area contributed by atoms with E-state index < -0.39 is 28.8 Å². The number of aliphatic hydroxyl groups excluding tert-OH is 2. The van der Waals surface area contributed by atoms with Crippen LogP contribution in [0, 0.1) is 28.6 Å². The van der Waals surface area contributed by atoms with Gasteiger partial charge < -0.3 is 10.2 Å². The lowest BCUT2D eigenvalue weighted by molar-refractivity contribution is -0.165. The zero-order valence-corrected chi connectivity index (χ0v) is 13.8. The Bertz CT molecular complexity index is 588. The predicted octanol–water partition coefficient (Wildman–Crippen LogP) is 4.26. The zero-order valence-electron chi connectivity index (χ0n) is 13.8. The molecule has 2 N–H and O–H groups in total. The van der Waals surface area contributed by atoms with Crippen molar-refractivity contribution >= 4 is 0 Å². The van der Waals surface area contributed by atoms with Gasteiger partial charge in [0, 0.05) is 5.41 Å². The van der Waals surface area contributed by atoms with Crippen LogP contribution in [0.5, 0.6) is 0 Å². The fourth-order valence-electron chi connectivity index (χ4n) is 6.29. The third-order valence-electron chi connectivity index (χ3n) is 7.87. The van der Waals surface area contributed by atoms with Crippen LogP contribution in [-0.4, -0.2) is 28.2 Å². The van der Waals surface area contributed by atoms with Gasteiger partial charge in [-0.05, 0) is 67.4 Å². The summed E-state index contributed by atoms with van der Waals surface area (Å²) >= 11 is 0. The molecule has 0 aromatic rings. The summed E-state index contributed by atoms with van der Waals surface area (Å²) in [5, 5.41) is 20.1. The molecule has 0 bridgehead atoms. The lowest BCUT2D eigenvalue weighted by atomic mass is 9.45. The SMILES string of the molecule is C[C@]12CC[C@@]3(F)[C@@H](CCC4C=C(O)C=C[C@@]43C)[C@@H]1C[C@@H](F)[C@@H]2O. The maximum absolute atomic E-state index is 16.4. The van der Waals surface area contributed by atoms with Crippen molar-refractivity contribution in [2.24, 2.45) is 28.6 Å². The first-order chi connectivity index (χ1) is 10.7. The summed E-state index contributed by atoms with van der Waals surface area (Å²) in [4.78, 5) is 0. The van der Waals surface area contributed by atoms with Gasteiger partial charge in [-0.15, -0.1) is 0 Å². The summed E-state index contributed by atoms with van der Waals surface area (Å²) in [7, 11) is 0. The van der Waals surface area contributed by atoms with Gasteiger partial charge in [0.1, 0.15) is 17.6 Å². The second-order valence-electron chi connectivity index (χ2n) is 8.67. The van der Waals surface area contributed by atoms with E-state index in [0.717, 1.165) is 6.42 Å². The Labute approximate surface area is 136 Å². The molecule has 0 amide bonds. The van der Waals surface area contributed by atoms with Gasteiger partial charge in [0.05, 0.1) is 6.10 Å². The molecule has 4 aliphatic rings. The van der Waals surface area contributed by atoms with E-state index >= 15 is 4.39 Å². The van der Waals surface area contributed by atoms with E-state index in [2.05, 4.69) is 0 Å². The molecule has 0 aromatic heterocycles. The molecule has 4 rings (SSSR count). The molecule has 8 atom stereocenters. The van der Waals surface area contributed by atoms with Crippen LogP contribution < -0.4 is 0 Å². The number of allylic oxidation sites excluding steroid dienone is 3. The van der Waals surface area contributed by atoms with Crippen LogP contribution in [0.4, 0.5) is 8.78 Å². The monoisotopic (exact) mass is 324 g/mol. The molecule has 0 aliphatic heterocycles. The van der Waals surface area contributed by atoms with Crippen molar-refractivity contribution in [3.8, 4) is 0 Å². The molecular weight excluding hydrogens is 298 g/mol. The molecule has 0 heterocycles. The Morgan fingerprint density at radius 1 is 1.17 bits per heavy atom. The zero-order chi connectivity index (χ0) is 16.6. The number of fused-ring (bicyclic) bond motifs is 5. The summed E-state index contributed by atoms with van der Waals surface area (Å²) < 4.78 is 30.6. The van der Waals surface area contributed by atoms with Crippen molar-refractivity contribution in [2.75, 3.05) is 0 Å². The highest BCUT2D eigenvalue weighted by Gasteiger charge is 2.68. The highest BCUT2D eigenvalue weighted by atomic mass is 19.1. The van der Waals surface area contributed by atoms with E-state index in [4.69, 9.17) is 0 Å². The lowest BCUT2D eigenvalue weighted by Crippen LogP contribution is -2.61. The number of halogens is 2. The molecule has 0 spiro atoms. The molecule has 0 radical (unpaired) electrons. The van der Waals surface area contributed by atoms with E-state index in [-0.39, 0.29) is 29.9 Å². The summed E-state index contributed by atoms with van der Waals surface area (Å²) in [6.45, 7) is 3.89. The van der Waals surface area contributed by atoms with E-state index in [1.54, 1.807) is 12.2 Å². The van der Waals surface area contributed by atoms with Crippen LogP contribution in [-0.2, 0) is 0 Å². The van der Waals surface area contributed by atoms with E-state index in [0.29, 0.717) is 19.3 Å². The first kappa shape index (κ1) is 15.6. The Hall–Kier alpha value is -0.900. The number of rotatable bonds is 0. The van der Waals surface area contributed by atoms with E-state index in [1.807, 2.05) is 19.9 Å². The van der Waals surface area contributed by atoms with Gasteiger partial charge in [-0.25, -0.2) is 8.78 Å². The second-order valence-corrected chi connectivity index (χ2v) is 8.67. The molecular formula is C19H26F2O2. The van der Waals surface area contributed by atoms with Gasteiger partial charge in [-0.1, -0.05) is 19.9 Å². The largest absolute Gasteiger partial charge is 0.508 e. The lowest BCUT2D eigenvalue weighted by Gasteiger charge is -2.61. The fourth-order valence-corrected chi connectivity index (χ4v) is 6.29. The Balaban J connectivity index is 1.75. The van der Waals surface area contributed by atoms with Gasteiger partial charge in [-0.2, -0.15) is 0 Å². The molecule has 23 heavy (non-hydrogen) atoms. The maximum atomic E-state index is 16.4. The topological polar surface area (TPSA) is 40.5 Å². The van der Waals surface area contributed by atoms with Gasteiger partial charge in [0.25, 0.3) is 0 Å². The molecule has 4 heteroatoms. The molecule has 3 fully saturated rings. The van der Waals surface area contributed by atoms with Crippen molar-refractivity contribution in [2.45, 2.75) is 63.9 Å². The molecule has 3 saturated carbocycles. The molecule has 4 aliphatic carbocycles. The van der Waals surface area contributed by atoms with Crippen molar-refractivity contribution in [1.29, 1.82) is 0 Å². The average molecular weight is 324 g/mol. The number of aliphatic hydroxyl groups is 2. The minimum Gasteiger partial charge on any atom is -0.508 e. The highest BCUT2D eigenvalue weighted by Crippen LogP contribution is 2.68. The summed E-state index contributed by atoms with van der Waals surface area (Å²) in [5.41, 5.74) is -2.54. The van der Waals surface area contributed by atoms with Crippen molar-refractivity contribution in [3.63, 3.8) is 0 Å². The summed E-state index contributed by atoms with van der Waals surface area (Å²) in [6.07, 6.45) is 5.70. The maximum Gasteiger partial charge on any atom is 0.127 e. The molecule has 0 saturated heterocycles. The predicted molar refractivity (Wildman–Crippen MR) is 84.4 cm³/mol. The number of hydrogen-bond acceptors (Lipinski definition) is 2. The Morgan fingerprint density at radius 2 is 1.91 bits per heavy atom. The van der Waals surface area contributed by atoms with E-state index in [9.17, 15) is 14.6 Å². The van der Waals surface area contributed by atoms with Crippen LogP contribution >= 0.6 is 0 Å². The number of hydrogen-bond donors (Lipinski definition) is 2. The van der Waals surface area contributed by atoms with Crippen LogP contribution in [0.15, 0.2) is 24.0 Å². The summed E-state index contributed by atoms with van der Waals surface area (Å²) in [6, 6.07) is 0. The minimum atomic E-state index is -1.39. The molecule has 128 valence electrons. The highest BCUT2D eigenvalue weighted by molar-refractivity contribution is 5.31. The van der Waals surface area contributed by atoms with Crippen molar-refractivity contribution in [3.05, 3.63) is 24.0 Å². The third-order valence-corrected chi connectivity index (χ3v) is 7.87. The fraction of sp³-hybridized carbons (Fsp3) is 0.789. The van der Waals surface area contributed by atoms with Crippen molar-refractivity contribution in [1.82, 2.24) is 0 Å². The smallest absolute Gasteiger partial charge is 0.127 e. The normalized spacial score (nSPS) is 58.1. The van der Waals surface area contributed by atoms with Gasteiger partial charge in [0.2, 0.25) is 0 Å². The molecule has 2 nitrogen and oxygen atoms in total. The van der Waals surface area contributed by atoms with Gasteiger partial charge in [-0.3, -0.25) is 0 Å². The van der Waals surface area contributed by atoms with Crippen LogP contribution in [0.3, 0.4) is 0 Å². The van der Waals surface area contributed by atoms with Crippen molar-refractivity contribution < 1.29 is 19.0 Å². The average Bonchev–Trinajstić information content (AvgIpc) is 2.73. The number of alkyl halides is 2. The third kappa shape index (κ3) is 1.76. The van der Waals surface area contributed by atoms with Gasteiger partial charge in [0.15, 0.2) is 0 Å². The van der Waals surface area contributed by atoms with E-state index in [1.165, 1.54) is 0 Å². The first-order valence-corrected chi connectivity index (χ1v) is 8.83. The Kier molecular flexibility index (Phi) is 3.12. The van der Waals surface area contributed by atoms with Crippen LogP contribution in [0.2, 0.25) is 0 Å². The molecule has 0 aromatic carbocycles. The summed E-state index contributed by atoms with van der Waals surface area (Å²) in [5.74, 6) is -0.103.